The van der Waals surface area contributed by atoms with Gasteiger partial charge in [-0.05, 0) is 62.4 Å². The SMILES string of the molecule is CC(=O)c1ncc(Cl)cc1Cl.CC(=O)c1ncc(Cl)cc1N1CCOCC1.CC(=O)c1ncc(Cl)cc1N1CCOCC1.CCOC(=O)C(=Cc1ncc(Cl)cc1N1CCOCC1)C(=O)OCC.O=C(O)c1ncc(Cl)cc1Cl.O=Cc1ncc(Cl)cc1N1CCOCC1.OCc1ncc(Cl)cc1N1CCOCC1. The number of aliphatic hydroxyl groups excluding tert-OH is 1. The number of carbonyl (C=O) groups is 7. The first-order valence-corrected chi connectivity index (χ1v) is 37.1. The van der Waals surface area contributed by atoms with E-state index in [1.807, 2.05) is 11.0 Å². The van der Waals surface area contributed by atoms with Crippen molar-refractivity contribution in [2.45, 2.75) is 41.2 Å². The largest absolute Gasteiger partial charge is 0.476 e. The maximum atomic E-state index is 12.1. The average Bonchev–Trinajstić information content (AvgIpc) is 0.832. The van der Waals surface area contributed by atoms with Crippen molar-refractivity contribution in [3.05, 3.63) is 176 Å². The van der Waals surface area contributed by atoms with Crippen LogP contribution in [0.2, 0.25) is 45.2 Å². The number of halogens is 9. The second-order valence-electron chi connectivity index (χ2n) is 23.0. The number of hydrogen-bond donors (Lipinski definition) is 2. The Morgan fingerprint density at radius 2 is 0.670 bits per heavy atom. The lowest BCUT2D eigenvalue weighted by atomic mass is 10.1. The molecule has 0 spiro atoms. The minimum atomic E-state index is -1.16. The number of Topliss-reactive ketones (excluding diaryl/α,β-unsaturated/α-hetero) is 3. The van der Waals surface area contributed by atoms with Gasteiger partial charge in [-0.1, -0.05) is 104 Å². The van der Waals surface area contributed by atoms with Gasteiger partial charge in [-0.3, -0.25) is 34.1 Å². The van der Waals surface area contributed by atoms with E-state index in [0.717, 1.165) is 87.1 Å². The van der Waals surface area contributed by atoms with Gasteiger partial charge in [-0.25, -0.2) is 34.3 Å². The van der Waals surface area contributed by atoms with Crippen molar-refractivity contribution < 1.29 is 76.9 Å². The highest BCUT2D eigenvalue weighted by Crippen LogP contribution is 2.30. The highest BCUT2D eigenvalue weighted by molar-refractivity contribution is 6.37. The van der Waals surface area contributed by atoms with E-state index in [9.17, 15) is 38.7 Å². The van der Waals surface area contributed by atoms with Crippen molar-refractivity contribution in [3.63, 3.8) is 0 Å². The highest BCUT2D eigenvalue weighted by atomic mass is 35.5. The maximum absolute atomic E-state index is 12.1. The second-order valence-corrected chi connectivity index (χ2v) is 26.9. The van der Waals surface area contributed by atoms with Crippen molar-refractivity contribution in [2.24, 2.45) is 0 Å². The van der Waals surface area contributed by atoms with E-state index in [-0.39, 0.29) is 59.2 Å². The fourth-order valence-corrected chi connectivity index (χ4v) is 12.1. The summed E-state index contributed by atoms with van der Waals surface area (Å²) in [6, 6.07) is 11.8. The van der Waals surface area contributed by atoms with Crippen LogP contribution < -0.4 is 24.5 Å². The van der Waals surface area contributed by atoms with Crippen LogP contribution in [0, 0.1) is 0 Å². The first-order valence-electron chi connectivity index (χ1n) is 33.7. The summed E-state index contributed by atoms with van der Waals surface area (Å²) >= 11 is 51.8. The molecule has 0 saturated carbocycles. The van der Waals surface area contributed by atoms with E-state index < -0.39 is 17.9 Å². The fourth-order valence-electron chi connectivity index (χ4n) is 10.3. The summed E-state index contributed by atoms with van der Waals surface area (Å²) in [5.74, 6) is -2.90. The summed E-state index contributed by atoms with van der Waals surface area (Å²) < 4.78 is 36.3. The molecule has 0 radical (unpaired) electrons. The van der Waals surface area contributed by atoms with Gasteiger partial charge in [0.05, 0.1) is 171 Å². The van der Waals surface area contributed by atoms with E-state index in [4.69, 9.17) is 143 Å². The van der Waals surface area contributed by atoms with Gasteiger partial charge in [0.25, 0.3) is 0 Å². The molecule has 0 aromatic carbocycles. The smallest absolute Gasteiger partial charge is 0.356 e. The molecule has 7 aromatic rings. The van der Waals surface area contributed by atoms with Gasteiger partial charge in [0.1, 0.15) is 28.3 Å². The van der Waals surface area contributed by atoms with Gasteiger partial charge in [0.2, 0.25) is 0 Å². The van der Waals surface area contributed by atoms with Crippen LogP contribution >= 0.6 is 104 Å². The van der Waals surface area contributed by atoms with Crippen LogP contribution in [0.4, 0.5) is 28.4 Å². The summed E-state index contributed by atoms with van der Waals surface area (Å²) in [6.07, 6.45) is 12.3. The zero-order valence-corrected chi connectivity index (χ0v) is 66.7. The number of nitrogens with zero attached hydrogens (tertiary/aromatic N) is 12. The molecule has 5 fully saturated rings. The van der Waals surface area contributed by atoms with Crippen molar-refractivity contribution in [1.82, 2.24) is 34.9 Å². The van der Waals surface area contributed by atoms with E-state index in [0.29, 0.717) is 148 Å². The molecule has 0 unspecified atom stereocenters. The van der Waals surface area contributed by atoms with Gasteiger partial charge < -0.3 is 67.9 Å². The number of aliphatic hydroxyl groups is 1. The average molecular weight is 1690 g/mol. The number of rotatable bonds is 16. The Morgan fingerprint density at radius 1 is 0.394 bits per heavy atom. The molecule has 2 N–H and O–H groups in total. The van der Waals surface area contributed by atoms with Crippen LogP contribution in [0.1, 0.15) is 98.4 Å². The summed E-state index contributed by atoms with van der Waals surface area (Å²) in [7, 11) is 0. The van der Waals surface area contributed by atoms with Crippen LogP contribution in [-0.2, 0) is 49.4 Å². The van der Waals surface area contributed by atoms with Gasteiger partial charge in [-0.2, -0.15) is 0 Å². The molecule has 7 aromatic heterocycles. The predicted molar refractivity (Wildman–Crippen MR) is 419 cm³/mol. The lowest BCUT2D eigenvalue weighted by molar-refractivity contribution is -0.146. The number of carbonyl (C=O) groups excluding carboxylic acids is 6. The van der Waals surface area contributed by atoms with Crippen LogP contribution in [0.3, 0.4) is 0 Å². The van der Waals surface area contributed by atoms with E-state index in [1.54, 1.807) is 44.3 Å². The third-order valence-corrected chi connectivity index (χ3v) is 17.4. The molecule has 0 bridgehead atoms. The minimum Gasteiger partial charge on any atom is -0.476 e. The molecule has 5 saturated heterocycles. The van der Waals surface area contributed by atoms with Crippen LogP contribution in [0.15, 0.2) is 91.4 Å². The number of pyridine rings is 7. The maximum Gasteiger partial charge on any atom is 0.356 e. The van der Waals surface area contributed by atoms with Gasteiger partial charge in [0.15, 0.2) is 29.3 Å². The molecule has 12 rings (SSSR count). The lowest BCUT2D eigenvalue weighted by Crippen LogP contribution is -2.37. The number of ketones is 3. The Kier molecular flexibility index (Phi) is 39.2. The molecule has 586 valence electrons. The topological polar surface area (TPSA) is 331 Å². The zero-order valence-electron chi connectivity index (χ0n) is 59.9. The molecule has 5 aliphatic rings. The number of hydrogen-bond acceptors (Lipinski definition) is 27. The molecule has 37 heteroatoms. The third-order valence-electron chi connectivity index (χ3n) is 15.4. The fraction of sp³-hybridized carbons (Fsp3) is 0.389. The molecular weight excluding hydrogens is 1610 g/mol. The standard InChI is InChI=1S/C17H21ClN2O5.2C11H13ClN2O2.C10H13ClN2O2.C10H11ClN2O2.C7H5Cl2NO.C6H3Cl2NO2/c1-3-24-16(21)13(17(22)25-4-2)10-14-15(9-12(18)11-19-14)20-5-7-23-8-6-20;2*1-8(15)11-10(6-9(12)7-13-11)14-2-4-16-5-3-14;2*11-8-5-10(9(7-14)12-6-8)13-1-3-15-4-2-13;1-4(11)7-6(9)2-5(8)3-10-7;7-3-1-4(8)5(6(10)11)9-2-3/h9-11H,3-8H2,1-2H3;2*6-7H,2-5H2,1H3;5-6,14H,1-4,7H2;5-7H,1-4H2;2-3H,1H3;1-2H,(H,10,11). The van der Waals surface area contributed by atoms with Gasteiger partial charge >= 0.3 is 17.9 Å². The number of esters is 2. The predicted octanol–water partition coefficient (Wildman–Crippen LogP) is 12.8. The molecular formula is C72H79Cl9N12O16. The van der Waals surface area contributed by atoms with Gasteiger partial charge in [-0.15, -0.1) is 0 Å². The second kappa shape index (κ2) is 47.5. The summed E-state index contributed by atoms with van der Waals surface area (Å²) in [4.78, 5) is 117. The molecule has 5 aliphatic heterocycles. The molecule has 0 atom stereocenters. The lowest BCUT2D eigenvalue weighted by Gasteiger charge is -2.29. The number of aromatic nitrogens is 7. The number of aldehydes is 1. The molecule has 0 amide bonds. The molecule has 28 nitrogen and oxygen atoms in total. The van der Waals surface area contributed by atoms with E-state index >= 15 is 0 Å². The monoisotopic (exact) mass is 1680 g/mol. The van der Waals surface area contributed by atoms with Crippen molar-refractivity contribution >= 4 is 180 Å². The normalized spacial score (nSPS) is 14.5. The Hall–Kier alpha value is -7.75. The first-order chi connectivity index (χ1) is 52.3. The van der Waals surface area contributed by atoms with Gasteiger partial charge in [0, 0.05) is 130 Å². The van der Waals surface area contributed by atoms with E-state index in [1.165, 1.54) is 76.2 Å². The first kappa shape index (κ1) is 90.1. The Balaban J connectivity index is 0.000000202. The zero-order chi connectivity index (χ0) is 79.5. The number of anilines is 5. The molecule has 0 aliphatic carbocycles. The van der Waals surface area contributed by atoms with Crippen LogP contribution in [0.5, 0.6) is 0 Å². The van der Waals surface area contributed by atoms with Crippen LogP contribution in [0.25, 0.3) is 6.08 Å². The number of ether oxygens (including phenoxy) is 7. The number of carboxylic acid groups (broad SMARTS) is 1. The summed E-state index contributed by atoms with van der Waals surface area (Å²) in [5.41, 5.74) is 6.42. The molecule has 12 heterocycles. The van der Waals surface area contributed by atoms with Crippen molar-refractivity contribution in [3.8, 4) is 0 Å². The molecule has 109 heavy (non-hydrogen) atoms. The van der Waals surface area contributed by atoms with E-state index in [2.05, 4.69) is 54.5 Å². The van der Waals surface area contributed by atoms with Crippen molar-refractivity contribution in [1.29, 1.82) is 0 Å². The number of carboxylic acids is 1. The number of morpholine rings is 5. The summed E-state index contributed by atoms with van der Waals surface area (Å²) in [6.45, 7) is 22.2. The minimum absolute atomic E-state index is 0.0434. The number of aromatic carboxylic acids is 1. The summed E-state index contributed by atoms with van der Waals surface area (Å²) in [5, 5.41) is 21.4. The Morgan fingerprint density at radius 3 is 0.991 bits per heavy atom. The van der Waals surface area contributed by atoms with Crippen molar-refractivity contribution in [2.75, 3.05) is 169 Å². The third kappa shape index (κ3) is 29.5. The quantitative estimate of drug-likeness (QED) is 0.0227. The highest BCUT2D eigenvalue weighted by Gasteiger charge is 2.26. The Bertz CT molecular complexity index is 4080. The van der Waals surface area contributed by atoms with Crippen LogP contribution in [-0.4, -0.2) is 231 Å². The Labute approximate surface area is 674 Å².